The second-order valence-corrected chi connectivity index (χ2v) is 9.36. The summed E-state index contributed by atoms with van der Waals surface area (Å²) >= 11 is 0. The van der Waals surface area contributed by atoms with Crippen molar-refractivity contribution in [2.45, 2.75) is 6.42 Å². The van der Waals surface area contributed by atoms with Gasteiger partial charge in [-0.25, -0.2) is 0 Å². The van der Waals surface area contributed by atoms with E-state index >= 15 is 0 Å². The van der Waals surface area contributed by atoms with Crippen molar-refractivity contribution >= 4 is 34.6 Å². The van der Waals surface area contributed by atoms with Crippen LogP contribution in [0, 0.1) is 0 Å². The van der Waals surface area contributed by atoms with Gasteiger partial charge in [0.05, 0.1) is 0 Å². The van der Waals surface area contributed by atoms with Gasteiger partial charge in [0, 0.05) is 62.1 Å². The van der Waals surface area contributed by atoms with Gasteiger partial charge < -0.3 is 20.4 Å². The van der Waals surface area contributed by atoms with Crippen LogP contribution in [0.4, 0.5) is 22.7 Å². The van der Waals surface area contributed by atoms with E-state index in [-0.39, 0.29) is 11.8 Å². The molecule has 4 aromatic rings. The summed E-state index contributed by atoms with van der Waals surface area (Å²) in [6, 6.07) is 30.7. The zero-order valence-electron chi connectivity index (χ0n) is 21.7. The van der Waals surface area contributed by atoms with Gasteiger partial charge in [0.2, 0.25) is 0 Å². The summed E-state index contributed by atoms with van der Waals surface area (Å²) < 4.78 is 0. The smallest absolute Gasteiger partial charge is 0.255 e. The van der Waals surface area contributed by atoms with Crippen LogP contribution in [0.5, 0.6) is 0 Å². The van der Waals surface area contributed by atoms with Gasteiger partial charge >= 0.3 is 0 Å². The van der Waals surface area contributed by atoms with Gasteiger partial charge in [-0.1, -0.05) is 24.3 Å². The van der Waals surface area contributed by atoms with Gasteiger partial charge in [-0.05, 0) is 90.3 Å². The number of carbonyl (C=O) groups excluding carboxylic acids is 2. The summed E-state index contributed by atoms with van der Waals surface area (Å²) in [5.74, 6) is -0.270. The Kier molecular flexibility index (Phi) is 7.89. The van der Waals surface area contributed by atoms with E-state index in [1.807, 2.05) is 135 Å². The third-order valence-corrected chi connectivity index (χ3v) is 6.12. The number of anilines is 4. The highest BCUT2D eigenvalue weighted by Gasteiger charge is 2.08. The van der Waals surface area contributed by atoms with Crippen molar-refractivity contribution in [3.8, 4) is 0 Å². The number of rotatable bonds is 8. The molecule has 4 aromatic carbocycles. The number of nitrogens with zero attached hydrogens (tertiary/aromatic N) is 2. The highest BCUT2D eigenvalue weighted by atomic mass is 16.2. The lowest BCUT2D eigenvalue weighted by Crippen LogP contribution is -2.13. The Morgan fingerprint density at radius 1 is 0.514 bits per heavy atom. The first-order valence-electron chi connectivity index (χ1n) is 12.1. The molecule has 6 heteroatoms. The number of carbonyl (C=O) groups is 2. The molecule has 0 radical (unpaired) electrons. The summed E-state index contributed by atoms with van der Waals surface area (Å²) in [6.45, 7) is 0. The molecule has 0 aliphatic carbocycles. The lowest BCUT2D eigenvalue weighted by atomic mass is 10.0. The minimum Gasteiger partial charge on any atom is -0.378 e. The molecule has 0 bridgehead atoms. The summed E-state index contributed by atoms with van der Waals surface area (Å²) in [7, 11) is 7.87. The maximum atomic E-state index is 12.6. The molecule has 0 aromatic heterocycles. The lowest BCUT2D eigenvalue weighted by Gasteiger charge is -2.13. The third kappa shape index (κ3) is 6.76. The van der Waals surface area contributed by atoms with Crippen molar-refractivity contribution in [3.63, 3.8) is 0 Å². The Bertz CT molecular complexity index is 1240. The maximum absolute atomic E-state index is 12.6. The third-order valence-electron chi connectivity index (χ3n) is 6.12. The molecule has 0 aliphatic heterocycles. The van der Waals surface area contributed by atoms with E-state index in [2.05, 4.69) is 10.6 Å². The Morgan fingerprint density at radius 2 is 0.838 bits per heavy atom. The molecule has 0 saturated carbocycles. The Morgan fingerprint density at radius 3 is 1.14 bits per heavy atom. The largest absolute Gasteiger partial charge is 0.378 e. The second kappa shape index (κ2) is 11.4. The highest BCUT2D eigenvalue weighted by Crippen LogP contribution is 2.19. The monoisotopic (exact) mass is 492 g/mol. The Labute approximate surface area is 218 Å². The molecular formula is C31H32N4O2. The van der Waals surface area contributed by atoms with E-state index in [1.54, 1.807) is 0 Å². The van der Waals surface area contributed by atoms with E-state index in [4.69, 9.17) is 0 Å². The average Bonchev–Trinajstić information content (AvgIpc) is 2.91. The summed E-state index contributed by atoms with van der Waals surface area (Å²) in [5.41, 5.74) is 7.10. The van der Waals surface area contributed by atoms with Crippen molar-refractivity contribution in [2.75, 3.05) is 48.6 Å². The summed E-state index contributed by atoms with van der Waals surface area (Å²) in [5, 5.41) is 5.90. The van der Waals surface area contributed by atoms with Gasteiger partial charge in [0.25, 0.3) is 11.8 Å². The molecule has 4 rings (SSSR count). The van der Waals surface area contributed by atoms with Crippen molar-refractivity contribution in [1.29, 1.82) is 0 Å². The fourth-order valence-corrected chi connectivity index (χ4v) is 3.88. The summed E-state index contributed by atoms with van der Waals surface area (Å²) in [6.07, 6.45) is 0.750. The van der Waals surface area contributed by atoms with E-state index < -0.39 is 0 Å². The zero-order valence-corrected chi connectivity index (χ0v) is 21.7. The number of hydrogen-bond donors (Lipinski definition) is 2. The SMILES string of the molecule is CN(C)c1ccc(C(=O)Nc2ccc(Cc3ccc(NC(=O)c4ccc(N(C)C)cc4)cc3)cc2)cc1. The quantitative estimate of drug-likeness (QED) is 0.321. The van der Waals surface area contributed by atoms with Gasteiger partial charge in [-0.15, -0.1) is 0 Å². The van der Waals surface area contributed by atoms with E-state index in [0.717, 1.165) is 40.3 Å². The maximum Gasteiger partial charge on any atom is 0.255 e. The summed E-state index contributed by atoms with van der Waals surface area (Å²) in [4.78, 5) is 29.1. The van der Waals surface area contributed by atoms with Gasteiger partial charge in [-0.3, -0.25) is 9.59 Å². The molecule has 188 valence electrons. The average molecular weight is 493 g/mol. The van der Waals surface area contributed by atoms with E-state index in [9.17, 15) is 9.59 Å². The van der Waals surface area contributed by atoms with Crippen molar-refractivity contribution in [1.82, 2.24) is 0 Å². The molecule has 0 fully saturated rings. The zero-order chi connectivity index (χ0) is 26.4. The first kappa shape index (κ1) is 25.5. The second-order valence-electron chi connectivity index (χ2n) is 9.36. The van der Waals surface area contributed by atoms with Crippen molar-refractivity contribution in [2.24, 2.45) is 0 Å². The Balaban J connectivity index is 1.31. The van der Waals surface area contributed by atoms with Crippen LogP contribution in [0.2, 0.25) is 0 Å². The normalized spacial score (nSPS) is 10.5. The topological polar surface area (TPSA) is 64.7 Å². The van der Waals surface area contributed by atoms with Crippen LogP contribution in [0.3, 0.4) is 0 Å². The van der Waals surface area contributed by atoms with E-state index in [0.29, 0.717) is 11.1 Å². The Hall–Kier alpha value is -4.58. The van der Waals surface area contributed by atoms with Crippen LogP contribution in [-0.2, 0) is 6.42 Å². The van der Waals surface area contributed by atoms with Gasteiger partial charge in [-0.2, -0.15) is 0 Å². The number of nitrogens with one attached hydrogen (secondary N) is 2. The minimum absolute atomic E-state index is 0.135. The molecule has 6 nitrogen and oxygen atoms in total. The standard InChI is InChI=1S/C31H32N4O2/c1-34(2)28-17-9-24(10-18-28)30(36)32-26-13-5-22(6-14-26)21-23-7-15-27(16-8-23)33-31(37)25-11-19-29(20-12-25)35(3)4/h5-20H,21H2,1-4H3,(H,32,36)(H,33,37). The number of hydrogen-bond acceptors (Lipinski definition) is 4. The fraction of sp³-hybridized carbons (Fsp3) is 0.161. The molecule has 2 N–H and O–H groups in total. The van der Waals surface area contributed by atoms with Crippen LogP contribution >= 0.6 is 0 Å². The van der Waals surface area contributed by atoms with Crippen LogP contribution in [0.1, 0.15) is 31.8 Å². The highest BCUT2D eigenvalue weighted by molar-refractivity contribution is 6.05. The predicted molar refractivity (Wildman–Crippen MR) is 153 cm³/mol. The number of amides is 2. The van der Waals surface area contributed by atoms with Crippen molar-refractivity contribution in [3.05, 3.63) is 119 Å². The van der Waals surface area contributed by atoms with Crippen LogP contribution in [0.15, 0.2) is 97.1 Å². The number of benzene rings is 4. The molecule has 37 heavy (non-hydrogen) atoms. The van der Waals surface area contributed by atoms with Crippen LogP contribution in [-0.4, -0.2) is 40.0 Å². The van der Waals surface area contributed by atoms with Gasteiger partial charge in [0.1, 0.15) is 0 Å². The first-order chi connectivity index (χ1) is 17.8. The van der Waals surface area contributed by atoms with Crippen LogP contribution in [0.25, 0.3) is 0 Å². The molecule has 0 saturated heterocycles. The molecule has 0 atom stereocenters. The van der Waals surface area contributed by atoms with Crippen LogP contribution < -0.4 is 20.4 Å². The molecule has 0 spiro atoms. The molecular weight excluding hydrogens is 460 g/mol. The molecule has 2 amide bonds. The molecule has 0 aliphatic rings. The van der Waals surface area contributed by atoms with Gasteiger partial charge in [0.15, 0.2) is 0 Å². The minimum atomic E-state index is -0.135. The molecule has 0 unspecified atom stereocenters. The lowest BCUT2D eigenvalue weighted by molar-refractivity contribution is 0.101. The van der Waals surface area contributed by atoms with E-state index in [1.165, 1.54) is 0 Å². The fourth-order valence-electron chi connectivity index (χ4n) is 3.88. The molecule has 0 heterocycles. The van der Waals surface area contributed by atoms with Crippen molar-refractivity contribution < 1.29 is 9.59 Å². The first-order valence-corrected chi connectivity index (χ1v) is 12.1. The predicted octanol–water partition coefficient (Wildman–Crippen LogP) is 5.91.